The Bertz CT molecular complexity index is 718. The number of carbonyl (C=O) groups is 1. The van der Waals surface area contributed by atoms with Gasteiger partial charge in [0.25, 0.3) is 0 Å². The summed E-state index contributed by atoms with van der Waals surface area (Å²) in [5, 5.41) is 12.1. The van der Waals surface area contributed by atoms with Crippen molar-refractivity contribution in [2.45, 2.75) is 39.7 Å². The molecule has 0 unspecified atom stereocenters. The third-order valence-electron chi connectivity index (χ3n) is 4.27. The van der Waals surface area contributed by atoms with Gasteiger partial charge in [-0.15, -0.1) is 5.10 Å². The lowest BCUT2D eigenvalue weighted by Gasteiger charge is -2.32. The molecule has 0 aliphatic carbocycles. The third kappa shape index (κ3) is 4.10. The van der Waals surface area contributed by atoms with Gasteiger partial charge in [0.1, 0.15) is 11.5 Å². The van der Waals surface area contributed by atoms with Gasteiger partial charge in [-0.05, 0) is 38.2 Å². The van der Waals surface area contributed by atoms with Gasteiger partial charge in [-0.2, -0.15) is 0 Å². The van der Waals surface area contributed by atoms with Crippen LogP contribution in [0.5, 0.6) is 0 Å². The van der Waals surface area contributed by atoms with Crippen LogP contribution in [0.4, 0.5) is 0 Å². The Morgan fingerprint density at radius 1 is 1.50 bits per heavy atom. The summed E-state index contributed by atoms with van der Waals surface area (Å²) in [6, 6.07) is 1.80. The predicted octanol–water partition coefficient (Wildman–Crippen LogP) is 2.09. The van der Waals surface area contributed by atoms with Crippen LogP contribution in [0.25, 0.3) is 6.08 Å². The SMILES string of the molecule is CCc1cn(C[C@@H]2CCCN(C(=O)/C=C/c3cc(C)on3)C2)nn1. The Kier molecular flexibility index (Phi) is 5.08. The lowest BCUT2D eigenvalue weighted by atomic mass is 9.98. The molecule has 1 atom stereocenters. The van der Waals surface area contributed by atoms with E-state index in [0.717, 1.165) is 50.4 Å². The molecule has 0 spiro atoms. The van der Waals surface area contributed by atoms with Crippen LogP contribution in [0.2, 0.25) is 0 Å². The molecule has 3 rings (SSSR count). The maximum atomic E-state index is 12.4. The van der Waals surface area contributed by atoms with Crippen LogP contribution in [0.3, 0.4) is 0 Å². The number of amides is 1. The lowest BCUT2D eigenvalue weighted by Crippen LogP contribution is -2.40. The highest BCUT2D eigenvalue weighted by Crippen LogP contribution is 2.19. The third-order valence-corrected chi connectivity index (χ3v) is 4.27. The van der Waals surface area contributed by atoms with E-state index in [1.165, 1.54) is 0 Å². The zero-order valence-corrected chi connectivity index (χ0v) is 14.2. The highest BCUT2D eigenvalue weighted by Gasteiger charge is 2.23. The fraction of sp³-hybridized carbons (Fsp3) is 0.529. The van der Waals surface area contributed by atoms with E-state index < -0.39 is 0 Å². The highest BCUT2D eigenvalue weighted by molar-refractivity contribution is 5.91. The summed E-state index contributed by atoms with van der Waals surface area (Å²) in [7, 11) is 0. The van der Waals surface area contributed by atoms with Crippen LogP contribution in [-0.4, -0.2) is 44.0 Å². The molecule has 1 fully saturated rings. The van der Waals surface area contributed by atoms with Gasteiger partial charge in [0.05, 0.1) is 5.69 Å². The predicted molar refractivity (Wildman–Crippen MR) is 89.0 cm³/mol. The van der Waals surface area contributed by atoms with Crippen LogP contribution in [0.1, 0.15) is 36.9 Å². The fourth-order valence-corrected chi connectivity index (χ4v) is 2.99. The molecule has 2 aromatic rings. The van der Waals surface area contributed by atoms with Crippen LogP contribution < -0.4 is 0 Å². The summed E-state index contributed by atoms with van der Waals surface area (Å²) in [6.07, 6.45) is 8.28. The van der Waals surface area contributed by atoms with Crippen molar-refractivity contribution in [2.24, 2.45) is 5.92 Å². The van der Waals surface area contributed by atoms with E-state index >= 15 is 0 Å². The van der Waals surface area contributed by atoms with Crippen molar-refractivity contribution >= 4 is 12.0 Å². The Labute approximate surface area is 141 Å². The van der Waals surface area contributed by atoms with E-state index in [1.807, 2.05) is 22.7 Å². The average Bonchev–Trinajstić information content (AvgIpc) is 3.21. The first-order valence-electron chi connectivity index (χ1n) is 8.43. The molecule has 0 N–H and O–H groups in total. The van der Waals surface area contributed by atoms with E-state index in [4.69, 9.17) is 4.52 Å². The van der Waals surface area contributed by atoms with Gasteiger partial charge in [-0.3, -0.25) is 9.48 Å². The minimum Gasteiger partial charge on any atom is -0.361 e. The highest BCUT2D eigenvalue weighted by atomic mass is 16.5. The molecular formula is C17H23N5O2. The number of nitrogens with zero attached hydrogens (tertiary/aromatic N) is 5. The molecule has 2 aromatic heterocycles. The Balaban J connectivity index is 1.56. The topological polar surface area (TPSA) is 77.0 Å². The second kappa shape index (κ2) is 7.42. The van der Waals surface area contributed by atoms with Crippen molar-refractivity contribution in [3.05, 3.63) is 35.5 Å². The quantitative estimate of drug-likeness (QED) is 0.785. The summed E-state index contributed by atoms with van der Waals surface area (Å²) in [5.74, 6) is 1.17. The first kappa shape index (κ1) is 16.4. The van der Waals surface area contributed by atoms with E-state index in [-0.39, 0.29) is 5.91 Å². The number of aryl methyl sites for hydroxylation is 2. The van der Waals surface area contributed by atoms with E-state index in [2.05, 4.69) is 22.4 Å². The summed E-state index contributed by atoms with van der Waals surface area (Å²) in [6.45, 7) is 6.26. The lowest BCUT2D eigenvalue weighted by molar-refractivity contribution is -0.127. The Morgan fingerprint density at radius 3 is 3.08 bits per heavy atom. The van der Waals surface area contributed by atoms with E-state index in [1.54, 1.807) is 18.2 Å². The largest absolute Gasteiger partial charge is 0.361 e. The van der Waals surface area contributed by atoms with Crippen molar-refractivity contribution < 1.29 is 9.32 Å². The molecule has 24 heavy (non-hydrogen) atoms. The van der Waals surface area contributed by atoms with Gasteiger partial charge in [0.15, 0.2) is 0 Å². The Hall–Kier alpha value is -2.44. The number of likely N-dealkylation sites (tertiary alicyclic amines) is 1. The standard InChI is InChI=1S/C17H23N5O2/c1-3-15-12-22(20-18-15)11-14-5-4-8-21(10-14)17(23)7-6-16-9-13(2)24-19-16/h6-7,9,12,14H,3-5,8,10-11H2,1-2H3/b7-6+/t14-/m1/s1. The van der Waals surface area contributed by atoms with Crippen molar-refractivity contribution in [1.29, 1.82) is 0 Å². The molecule has 7 nitrogen and oxygen atoms in total. The van der Waals surface area contributed by atoms with Gasteiger partial charge < -0.3 is 9.42 Å². The maximum Gasteiger partial charge on any atom is 0.246 e. The number of hydrogen-bond acceptors (Lipinski definition) is 5. The smallest absolute Gasteiger partial charge is 0.246 e. The van der Waals surface area contributed by atoms with Crippen molar-refractivity contribution in [3.8, 4) is 0 Å². The van der Waals surface area contributed by atoms with Crippen LogP contribution in [0.15, 0.2) is 22.9 Å². The van der Waals surface area contributed by atoms with Gasteiger partial charge in [-0.25, -0.2) is 0 Å². The fourth-order valence-electron chi connectivity index (χ4n) is 2.99. The van der Waals surface area contributed by atoms with Gasteiger partial charge >= 0.3 is 0 Å². The summed E-state index contributed by atoms with van der Waals surface area (Å²) >= 11 is 0. The number of rotatable bonds is 5. The summed E-state index contributed by atoms with van der Waals surface area (Å²) in [4.78, 5) is 14.3. The molecule has 0 aromatic carbocycles. The molecule has 0 saturated carbocycles. The van der Waals surface area contributed by atoms with Gasteiger partial charge in [0, 0.05) is 38.0 Å². The molecule has 0 radical (unpaired) electrons. The van der Waals surface area contributed by atoms with Crippen LogP contribution in [0, 0.1) is 12.8 Å². The molecule has 1 amide bonds. The minimum atomic E-state index is 0.0215. The molecule has 128 valence electrons. The van der Waals surface area contributed by atoms with E-state index in [0.29, 0.717) is 11.6 Å². The molecule has 7 heteroatoms. The van der Waals surface area contributed by atoms with Gasteiger partial charge in [-0.1, -0.05) is 17.3 Å². The zero-order valence-electron chi connectivity index (χ0n) is 14.2. The average molecular weight is 329 g/mol. The first-order chi connectivity index (χ1) is 11.6. The molecular weight excluding hydrogens is 306 g/mol. The molecule has 0 bridgehead atoms. The van der Waals surface area contributed by atoms with Crippen molar-refractivity contribution in [3.63, 3.8) is 0 Å². The number of piperidine rings is 1. The van der Waals surface area contributed by atoms with Crippen LogP contribution >= 0.6 is 0 Å². The molecule has 3 heterocycles. The molecule has 1 aliphatic heterocycles. The normalized spacial score (nSPS) is 18.4. The summed E-state index contributed by atoms with van der Waals surface area (Å²) < 4.78 is 6.89. The first-order valence-corrected chi connectivity index (χ1v) is 8.43. The second-order valence-electron chi connectivity index (χ2n) is 6.27. The number of hydrogen-bond donors (Lipinski definition) is 0. The second-order valence-corrected chi connectivity index (χ2v) is 6.27. The minimum absolute atomic E-state index is 0.0215. The zero-order chi connectivity index (χ0) is 16.9. The molecule has 1 saturated heterocycles. The van der Waals surface area contributed by atoms with Crippen LogP contribution in [-0.2, 0) is 17.8 Å². The van der Waals surface area contributed by atoms with Crippen molar-refractivity contribution in [1.82, 2.24) is 25.1 Å². The summed E-state index contributed by atoms with van der Waals surface area (Å²) in [5.41, 5.74) is 1.67. The Morgan fingerprint density at radius 2 is 2.38 bits per heavy atom. The molecule has 1 aliphatic rings. The van der Waals surface area contributed by atoms with E-state index in [9.17, 15) is 4.79 Å². The monoisotopic (exact) mass is 329 g/mol. The van der Waals surface area contributed by atoms with Gasteiger partial charge in [0.2, 0.25) is 5.91 Å². The number of aromatic nitrogens is 4. The van der Waals surface area contributed by atoms with Crippen molar-refractivity contribution in [2.75, 3.05) is 13.1 Å². The maximum absolute atomic E-state index is 12.4. The number of carbonyl (C=O) groups excluding carboxylic acids is 1.